The molecule has 2 rings (SSSR count). The SMILES string of the molecule is COc1ccc(CNC(=O)CC2(CN)CCC2)cc1OC. The largest absolute Gasteiger partial charge is 0.493 e. The van der Waals surface area contributed by atoms with Crippen LogP contribution in [-0.4, -0.2) is 26.7 Å². The van der Waals surface area contributed by atoms with Crippen LogP contribution in [0.5, 0.6) is 11.5 Å². The van der Waals surface area contributed by atoms with E-state index in [4.69, 9.17) is 15.2 Å². The predicted octanol–water partition coefficient (Wildman–Crippen LogP) is 1.84. The summed E-state index contributed by atoms with van der Waals surface area (Å²) in [7, 11) is 3.20. The molecule has 0 saturated heterocycles. The van der Waals surface area contributed by atoms with Crippen LogP contribution in [-0.2, 0) is 11.3 Å². The first-order chi connectivity index (χ1) is 10.1. The number of hydrogen-bond donors (Lipinski definition) is 2. The molecule has 1 aliphatic carbocycles. The van der Waals surface area contributed by atoms with Gasteiger partial charge in [0.25, 0.3) is 0 Å². The fourth-order valence-corrected chi connectivity index (χ4v) is 2.72. The van der Waals surface area contributed by atoms with Crippen LogP contribution in [0.3, 0.4) is 0 Å². The monoisotopic (exact) mass is 292 g/mol. The Morgan fingerprint density at radius 3 is 2.52 bits per heavy atom. The van der Waals surface area contributed by atoms with Crippen molar-refractivity contribution in [1.82, 2.24) is 5.32 Å². The molecule has 5 heteroatoms. The lowest BCUT2D eigenvalue weighted by atomic mass is 9.66. The second kappa shape index (κ2) is 6.80. The highest BCUT2D eigenvalue weighted by atomic mass is 16.5. The van der Waals surface area contributed by atoms with Crippen molar-refractivity contribution in [2.45, 2.75) is 32.2 Å². The molecule has 21 heavy (non-hydrogen) atoms. The molecule has 0 unspecified atom stereocenters. The fourth-order valence-electron chi connectivity index (χ4n) is 2.72. The summed E-state index contributed by atoms with van der Waals surface area (Å²) < 4.78 is 10.4. The van der Waals surface area contributed by atoms with E-state index in [0.29, 0.717) is 31.0 Å². The number of carbonyl (C=O) groups is 1. The number of nitrogens with one attached hydrogen (secondary N) is 1. The van der Waals surface area contributed by atoms with Gasteiger partial charge in [-0.15, -0.1) is 0 Å². The van der Waals surface area contributed by atoms with E-state index in [1.54, 1.807) is 14.2 Å². The number of methoxy groups -OCH3 is 2. The summed E-state index contributed by atoms with van der Waals surface area (Å²) in [5, 5.41) is 2.96. The summed E-state index contributed by atoms with van der Waals surface area (Å²) in [6, 6.07) is 5.64. The number of ether oxygens (including phenoxy) is 2. The third kappa shape index (κ3) is 3.67. The fraction of sp³-hybridized carbons (Fsp3) is 0.562. The maximum Gasteiger partial charge on any atom is 0.220 e. The number of amides is 1. The maximum absolute atomic E-state index is 12.0. The van der Waals surface area contributed by atoms with E-state index in [1.807, 2.05) is 18.2 Å². The smallest absolute Gasteiger partial charge is 0.220 e. The third-order valence-corrected chi connectivity index (χ3v) is 4.32. The molecule has 0 aliphatic heterocycles. The zero-order valence-corrected chi connectivity index (χ0v) is 12.8. The quantitative estimate of drug-likeness (QED) is 0.804. The summed E-state index contributed by atoms with van der Waals surface area (Å²) in [4.78, 5) is 12.0. The van der Waals surface area contributed by atoms with Gasteiger partial charge in [-0.1, -0.05) is 12.5 Å². The Balaban J connectivity index is 1.89. The average Bonchev–Trinajstić information content (AvgIpc) is 2.48. The van der Waals surface area contributed by atoms with Crippen LogP contribution in [0.2, 0.25) is 0 Å². The Labute approximate surface area is 125 Å². The van der Waals surface area contributed by atoms with Gasteiger partial charge in [-0.3, -0.25) is 4.79 Å². The van der Waals surface area contributed by atoms with E-state index < -0.39 is 0 Å². The van der Waals surface area contributed by atoms with Crippen molar-refractivity contribution in [3.05, 3.63) is 23.8 Å². The molecule has 1 aromatic carbocycles. The van der Waals surface area contributed by atoms with Gasteiger partial charge in [-0.25, -0.2) is 0 Å². The van der Waals surface area contributed by atoms with Crippen molar-refractivity contribution in [1.29, 1.82) is 0 Å². The first kappa shape index (κ1) is 15.6. The van der Waals surface area contributed by atoms with Gasteiger partial charge in [-0.2, -0.15) is 0 Å². The van der Waals surface area contributed by atoms with Gasteiger partial charge in [0.15, 0.2) is 11.5 Å². The molecule has 1 saturated carbocycles. The molecule has 3 N–H and O–H groups in total. The van der Waals surface area contributed by atoms with E-state index in [0.717, 1.165) is 18.4 Å². The van der Waals surface area contributed by atoms with E-state index in [9.17, 15) is 4.79 Å². The van der Waals surface area contributed by atoms with Crippen molar-refractivity contribution in [2.24, 2.45) is 11.1 Å². The van der Waals surface area contributed by atoms with Crippen LogP contribution in [0.15, 0.2) is 18.2 Å². The molecule has 0 heterocycles. The van der Waals surface area contributed by atoms with Gasteiger partial charge >= 0.3 is 0 Å². The average molecular weight is 292 g/mol. The van der Waals surface area contributed by atoms with Crippen molar-refractivity contribution in [3.63, 3.8) is 0 Å². The molecular weight excluding hydrogens is 268 g/mol. The summed E-state index contributed by atoms with van der Waals surface area (Å²) in [6.07, 6.45) is 3.83. The van der Waals surface area contributed by atoms with E-state index >= 15 is 0 Å². The van der Waals surface area contributed by atoms with Crippen LogP contribution < -0.4 is 20.5 Å². The molecular formula is C16H24N2O3. The van der Waals surface area contributed by atoms with Crippen molar-refractivity contribution >= 4 is 5.91 Å². The lowest BCUT2D eigenvalue weighted by Crippen LogP contribution is -2.41. The summed E-state index contributed by atoms with van der Waals surface area (Å²) in [5.74, 6) is 1.42. The first-order valence-corrected chi connectivity index (χ1v) is 7.30. The molecule has 0 spiro atoms. The predicted molar refractivity (Wildman–Crippen MR) is 81.3 cm³/mol. The molecule has 0 radical (unpaired) electrons. The van der Waals surface area contributed by atoms with Crippen LogP contribution >= 0.6 is 0 Å². The Morgan fingerprint density at radius 1 is 1.29 bits per heavy atom. The number of benzene rings is 1. The molecule has 1 aromatic rings. The third-order valence-electron chi connectivity index (χ3n) is 4.32. The molecule has 0 bridgehead atoms. The number of nitrogens with two attached hydrogens (primary N) is 1. The van der Waals surface area contributed by atoms with Crippen molar-refractivity contribution < 1.29 is 14.3 Å². The second-order valence-corrected chi connectivity index (χ2v) is 5.70. The van der Waals surface area contributed by atoms with Gasteiger partial charge < -0.3 is 20.5 Å². The molecule has 0 atom stereocenters. The van der Waals surface area contributed by atoms with Gasteiger partial charge in [0, 0.05) is 13.0 Å². The minimum atomic E-state index is 0.0433. The van der Waals surface area contributed by atoms with Gasteiger partial charge in [0.2, 0.25) is 5.91 Å². The normalized spacial score (nSPS) is 16.0. The second-order valence-electron chi connectivity index (χ2n) is 5.70. The van der Waals surface area contributed by atoms with Crippen LogP contribution in [0.25, 0.3) is 0 Å². The van der Waals surface area contributed by atoms with E-state index in [1.165, 1.54) is 6.42 Å². The van der Waals surface area contributed by atoms with E-state index in [2.05, 4.69) is 5.32 Å². The Bertz CT molecular complexity index is 493. The van der Waals surface area contributed by atoms with Crippen molar-refractivity contribution in [3.8, 4) is 11.5 Å². The van der Waals surface area contributed by atoms with Crippen LogP contribution in [0.4, 0.5) is 0 Å². The standard InChI is InChI=1S/C16H24N2O3/c1-20-13-5-4-12(8-14(13)21-2)10-18-15(19)9-16(11-17)6-3-7-16/h4-5,8H,3,6-7,9-11,17H2,1-2H3,(H,18,19). The van der Waals surface area contributed by atoms with Gasteiger partial charge in [0.05, 0.1) is 14.2 Å². The number of rotatable bonds is 7. The zero-order valence-electron chi connectivity index (χ0n) is 12.8. The Kier molecular flexibility index (Phi) is 5.07. The Hall–Kier alpha value is -1.75. The topological polar surface area (TPSA) is 73.6 Å². The summed E-state index contributed by atoms with van der Waals surface area (Å²) in [6.45, 7) is 1.08. The zero-order chi connectivity index (χ0) is 15.3. The molecule has 5 nitrogen and oxygen atoms in total. The highest BCUT2D eigenvalue weighted by molar-refractivity contribution is 5.76. The highest BCUT2D eigenvalue weighted by Gasteiger charge is 2.37. The number of carbonyl (C=O) groups excluding carboxylic acids is 1. The summed E-state index contributed by atoms with van der Waals surface area (Å²) >= 11 is 0. The first-order valence-electron chi connectivity index (χ1n) is 7.30. The minimum absolute atomic E-state index is 0.0433. The lowest BCUT2D eigenvalue weighted by molar-refractivity contribution is -0.124. The maximum atomic E-state index is 12.0. The lowest BCUT2D eigenvalue weighted by Gasteiger charge is -2.40. The minimum Gasteiger partial charge on any atom is -0.493 e. The van der Waals surface area contributed by atoms with Crippen molar-refractivity contribution in [2.75, 3.05) is 20.8 Å². The van der Waals surface area contributed by atoms with Gasteiger partial charge in [0.1, 0.15) is 0 Å². The van der Waals surface area contributed by atoms with E-state index in [-0.39, 0.29) is 11.3 Å². The molecule has 1 aliphatic rings. The molecule has 116 valence electrons. The molecule has 1 fully saturated rings. The number of hydrogen-bond acceptors (Lipinski definition) is 4. The molecule has 1 amide bonds. The van der Waals surface area contributed by atoms with Crippen LogP contribution in [0.1, 0.15) is 31.2 Å². The molecule has 0 aromatic heterocycles. The van der Waals surface area contributed by atoms with Gasteiger partial charge in [-0.05, 0) is 42.5 Å². The highest BCUT2D eigenvalue weighted by Crippen LogP contribution is 2.42. The summed E-state index contributed by atoms with van der Waals surface area (Å²) in [5.41, 5.74) is 6.81. The van der Waals surface area contributed by atoms with Crippen LogP contribution in [0, 0.1) is 5.41 Å². The Morgan fingerprint density at radius 2 is 2.00 bits per heavy atom.